The van der Waals surface area contributed by atoms with Crippen molar-refractivity contribution < 1.29 is 14.3 Å². The molecule has 8 heteroatoms. The molecule has 4 rings (SSSR count). The van der Waals surface area contributed by atoms with Crippen molar-refractivity contribution in [3.8, 4) is 0 Å². The number of hydrogen-bond acceptors (Lipinski definition) is 5. The third kappa shape index (κ3) is 4.00. The number of carbonyl (C=O) groups is 2. The monoisotopic (exact) mass is 369 g/mol. The summed E-state index contributed by atoms with van der Waals surface area (Å²) >= 11 is 0. The Morgan fingerprint density at radius 2 is 2.26 bits per heavy atom. The second-order valence-electron chi connectivity index (χ2n) is 7.18. The SMILES string of the molecule is Cn1ccc(CC(=O)N2CC[C@H]3C[C@H](C(=O)Nc4cccnc4)O[C@H]3C2)n1. The summed E-state index contributed by atoms with van der Waals surface area (Å²) in [5.41, 5.74) is 1.43. The van der Waals surface area contributed by atoms with Gasteiger partial charge in [0.2, 0.25) is 5.91 Å². The molecule has 2 fully saturated rings. The van der Waals surface area contributed by atoms with E-state index in [2.05, 4.69) is 15.4 Å². The lowest BCUT2D eigenvalue weighted by Gasteiger charge is -2.34. The minimum Gasteiger partial charge on any atom is -0.363 e. The van der Waals surface area contributed by atoms with Gasteiger partial charge in [0.15, 0.2) is 0 Å². The molecule has 2 aliphatic rings. The maximum atomic E-state index is 12.6. The van der Waals surface area contributed by atoms with Gasteiger partial charge in [-0.15, -0.1) is 0 Å². The zero-order valence-electron chi connectivity index (χ0n) is 15.2. The Labute approximate surface area is 157 Å². The van der Waals surface area contributed by atoms with Crippen LogP contribution >= 0.6 is 0 Å². The lowest BCUT2D eigenvalue weighted by atomic mass is 9.91. The Hall–Kier alpha value is -2.74. The van der Waals surface area contributed by atoms with Gasteiger partial charge in [-0.05, 0) is 37.0 Å². The first-order chi connectivity index (χ1) is 13.1. The molecular formula is C19H23N5O3. The molecule has 0 saturated carbocycles. The van der Waals surface area contributed by atoms with Crippen LogP contribution in [-0.4, -0.2) is 56.8 Å². The highest BCUT2D eigenvalue weighted by Gasteiger charge is 2.42. The van der Waals surface area contributed by atoms with Crippen molar-refractivity contribution in [2.75, 3.05) is 18.4 Å². The lowest BCUT2D eigenvalue weighted by Crippen LogP contribution is -2.46. The number of carbonyl (C=O) groups excluding carboxylic acids is 2. The van der Waals surface area contributed by atoms with E-state index in [1.165, 1.54) is 0 Å². The number of aromatic nitrogens is 3. The molecule has 0 bridgehead atoms. The van der Waals surface area contributed by atoms with Crippen LogP contribution in [0.2, 0.25) is 0 Å². The molecule has 0 aromatic carbocycles. The van der Waals surface area contributed by atoms with E-state index in [-0.39, 0.29) is 17.9 Å². The fourth-order valence-corrected chi connectivity index (χ4v) is 3.81. The molecule has 0 radical (unpaired) electrons. The summed E-state index contributed by atoms with van der Waals surface area (Å²) in [5, 5.41) is 7.11. The zero-order chi connectivity index (χ0) is 18.8. The van der Waals surface area contributed by atoms with Crippen molar-refractivity contribution >= 4 is 17.5 Å². The van der Waals surface area contributed by atoms with E-state index in [0.29, 0.717) is 37.5 Å². The smallest absolute Gasteiger partial charge is 0.253 e. The first kappa shape index (κ1) is 17.7. The summed E-state index contributed by atoms with van der Waals surface area (Å²) in [6.45, 7) is 1.24. The molecule has 0 unspecified atom stereocenters. The Morgan fingerprint density at radius 1 is 1.37 bits per heavy atom. The Balaban J connectivity index is 1.32. The minimum absolute atomic E-state index is 0.0546. The van der Waals surface area contributed by atoms with E-state index < -0.39 is 6.10 Å². The predicted molar refractivity (Wildman–Crippen MR) is 97.7 cm³/mol. The van der Waals surface area contributed by atoms with Crippen LogP contribution in [-0.2, 0) is 27.8 Å². The number of fused-ring (bicyclic) bond motifs is 1. The molecule has 1 N–H and O–H groups in total. The van der Waals surface area contributed by atoms with E-state index in [1.54, 1.807) is 29.2 Å². The van der Waals surface area contributed by atoms with Crippen LogP contribution in [0.4, 0.5) is 5.69 Å². The van der Waals surface area contributed by atoms with E-state index in [0.717, 1.165) is 12.1 Å². The van der Waals surface area contributed by atoms with Crippen molar-refractivity contribution in [3.63, 3.8) is 0 Å². The zero-order valence-corrected chi connectivity index (χ0v) is 15.2. The molecule has 2 amide bonds. The van der Waals surface area contributed by atoms with Crippen LogP contribution in [0.1, 0.15) is 18.5 Å². The standard InChI is InChI=1S/C19H23N5O3/c1-23-7-5-14(22-23)10-18(25)24-8-4-13-9-16(27-17(13)12-24)19(26)21-15-3-2-6-20-11-15/h2-3,5-7,11,13,16-17H,4,8-10,12H2,1H3,(H,21,26)/t13-,16+,17-/m0/s1. The second-order valence-corrected chi connectivity index (χ2v) is 7.18. The van der Waals surface area contributed by atoms with Crippen molar-refractivity contribution in [1.29, 1.82) is 0 Å². The van der Waals surface area contributed by atoms with Gasteiger partial charge in [0.25, 0.3) is 5.91 Å². The van der Waals surface area contributed by atoms with Gasteiger partial charge in [0.05, 0.1) is 30.1 Å². The number of nitrogens with one attached hydrogen (secondary N) is 1. The number of likely N-dealkylation sites (tertiary alicyclic amines) is 1. The average molecular weight is 369 g/mol. The summed E-state index contributed by atoms with van der Waals surface area (Å²) in [5.74, 6) is 0.219. The first-order valence-corrected chi connectivity index (χ1v) is 9.21. The summed E-state index contributed by atoms with van der Waals surface area (Å²) in [6.07, 6.45) is 6.38. The third-order valence-corrected chi connectivity index (χ3v) is 5.23. The van der Waals surface area contributed by atoms with Gasteiger partial charge in [0, 0.05) is 32.5 Å². The van der Waals surface area contributed by atoms with Gasteiger partial charge in [-0.3, -0.25) is 19.3 Å². The molecule has 27 heavy (non-hydrogen) atoms. The highest BCUT2D eigenvalue weighted by atomic mass is 16.5. The van der Waals surface area contributed by atoms with Crippen LogP contribution in [0.3, 0.4) is 0 Å². The highest BCUT2D eigenvalue weighted by Crippen LogP contribution is 2.34. The number of aryl methyl sites for hydroxylation is 1. The lowest BCUT2D eigenvalue weighted by molar-refractivity contribution is -0.136. The first-order valence-electron chi connectivity index (χ1n) is 9.21. The van der Waals surface area contributed by atoms with Crippen molar-refractivity contribution in [1.82, 2.24) is 19.7 Å². The minimum atomic E-state index is -0.481. The predicted octanol–water partition coefficient (Wildman–Crippen LogP) is 1.00. The van der Waals surface area contributed by atoms with Crippen LogP contribution in [0.15, 0.2) is 36.8 Å². The van der Waals surface area contributed by atoms with Crippen molar-refractivity contribution in [2.45, 2.75) is 31.5 Å². The van der Waals surface area contributed by atoms with Crippen LogP contribution in [0.25, 0.3) is 0 Å². The molecule has 142 valence electrons. The van der Waals surface area contributed by atoms with Crippen molar-refractivity contribution in [2.24, 2.45) is 13.0 Å². The Kier molecular flexibility index (Phi) is 4.89. The number of piperidine rings is 1. The van der Waals surface area contributed by atoms with E-state index in [4.69, 9.17) is 4.74 Å². The van der Waals surface area contributed by atoms with Gasteiger partial charge in [-0.25, -0.2) is 0 Å². The molecule has 0 aliphatic carbocycles. The van der Waals surface area contributed by atoms with E-state index in [1.807, 2.05) is 24.2 Å². The number of anilines is 1. The maximum absolute atomic E-state index is 12.6. The van der Waals surface area contributed by atoms with Gasteiger partial charge in [-0.2, -0.15) is 5.10 Å². The number of rotatable bonds is 4. The van der Waals surface area contributed by atoms with Crippen LogP contribution in [0.5, 0.6) is 0 Å². The Morgan fingerprint density at radius 3 is 3.00 bits per heavy atom. The summed E-state index contributed by atoms with van der Waals surface area (Å²) in [6, 6.07) is 5.43. The third-order valence-electron chi connectivity index (χ3n) is 5.23. The molecule has 8 nitrogen and oxygen atoms in total. The number of amides is 2. The van der Waals surface area contributed by atoms with E-state index >= 15 is 0 Å². The quantitative estimate of drug-likeness (QED) is 0.869. The summed E-state index contributed by atoms with van der Waals surface area (Å²) in [7, 11) is 1.84. The molecule has 2 aromatic heterocycles. The number of pyridine rings is 1. The van der Waals surface area contributed by atoms with Gasteiger partial charge in [0.1, 0.15) is 6.10 Å². The van der Waals surface area contributed by atoms with Gasteiger partial charge in [-0.1, -0.05) is 0 Å². The molecule has 4 heterocycles. The van der Waals surface area contributed by atoms with E-state index in [9.17, 15) is 9.59 Å². The largest absolute Gasteiger partial charge is 0.363 e. The summed E-state index contributed by atoms with van der Waals surface area (Å²) in [4.78, 5) is 30.8. The molecule has 2 aliphatic heterocycles. The van der Waals surface area contributed by atoms with Crippen LogP contribution < -0.4 is 5.32 Å². The average Bonchev–Trinajstić information content (AvgIpc) is 3.27. The number of ether oxygens (including phenoxy) is 1. The molecular weight excluding hydrogens is 346 g/mol. The summed E-state index contributed by atoms with van der Waals surface area (Å²) < 4.78 is 7.68. The topological polar surface area (TPSA) is 89.4 Å². The number of hydrogen-bond donors (Lipinski definition) is 1. The number of nitrogens with zero attached hydrogens (tertiary/aromatic N) is 4. The van der Waals surface area contributed by atoms with Crippen molar-refractivity contribution in [3.05, 3.63) is 42.5 Å². The maximum Gasteiger partial charge on any atom is 0.253 e. The molecule has 2 aromatic rings. The highest BCUT2D eigenvalue weighted by molar-refractivity contribution is 5.94. The molecule has 0 spiro atoms. The fraction of sp³-hybridized carbons (Fsp3) is 0.474. The van der Waals surface area contributed by atoms with Gasteiger partial charge < -0.3 is 15.0 Å². The van der Waals surface area contributed by atoms with Crippen LogP contribution in [0, 0.1) is 5.92 Å². The molecule has 2 saturated heterocycles. The van der Waals surface area contributed by atoms with Gasteiger partial charge >= 0.3 is 0 Å². The normalized spacial score (nSPS) is 24.5. The molecule has 3 atom stereocenters. The Bertz CT molecular complexity index is 822. The fourth-order valence-electron chi connectivity index (χ4n) is 3.81. The second kappa shape index (κ2) is 7.48.